The summed E-state index contributed by atoms with van der Waals surface area (Å²) >= 11 is 0. The molecule has 18 nitrogen and oxygen atoms in total. The molecule has 416 valence electrons. The van der Waals surface area contributed by atoms with Gasteiger partial charge < -0.3 is 52.2 Å². The number of ether oxygens (including phenoxy) is 7. The van der Waals surface area contributed by atoms with Crippen molar-refractivity contribution in [2.45, 2.75) is 108 Å². The van der Waals surface area contributed by atoms with Gasteiger partial charge in [0.25, 0.3) is 0 Å². The van der Waals surface area contributed by atoms with Gasteiger partial charge in [0.2, 0.25) is 0 Å². The second-order valence-electron chi connectivity index (χ2n) is 19.2. The topological polar surface area (TPSA) is 209 Å². The van der Waals surface area contributed by atoms with Crippen molar-refractivity contribution >= 4 is 51.7 Å². The predicted molar refractivity (Wildman–Crippen MR) is 310 cm³/mol. The molecule has 0 saturated heterocycles. The zero-order valence-electron chi connectivity index (χ0n) is 47.0. The molecule has 7 aromatic rings. The zero-order chi connectivity index (χ0) is 55.8. The third kappa shape index (κ3) is 11.8. The number of H-pyrrole nitrogens is 2. The summed E-state index contributed by atoms with van der Waals surface area (Å²) in [7, 11) is -3.82. The number of nitrogens with one attached hydrogen (secondary N) is 2. The molecule has 2 aliphatic heterocycles. The van der Waals surface area contributed by atoms with Crippen LogP contribution < -0.4 is 33.2 Å². The van der Waals surface area contributed by atoms with Gasteiger partial charge in [-0.05, 0) is 126 Å². The Bertz CT molecular complexity index is 3650. The molecule has 3 aromatic heterocycles. The molecular weight excluding hydrogens is 1020 g/mol. The van der Waals surface area contributed by atoms with Crippen LogP contribution in [0.4, 0.5) is 0 Å². The van der Waals surface area contributed by atoms with Crippen LogP contribution >= 0.6 is 7.60 Å². The van der Waals surface area contributed by atoms with Gasteiger partial charge in [0.15, 0.2) is 57.8 Å². The molecule has 0 amide bonds. The molecule has 8 bridgehead atoms. The van der Waals surface area contributed by atoms with E-state index in [4.69, 9.17) is 72.1 Å². The molecule has 0 radical (unpaired) electrons. The zero-order valence-corrected chi connectivity index (χ0v) is 47.9. The van der Waals surface area contributed by atoms with Gasteiger partial charge in [-0.1, -0.05) is 48.1 Å². The monoisotopic (exact) mass is 1090 g/mol. The number of aromatic amines is 2. The van der Waals surface area contributed by atoms with E-state index in [-0.39, 0.29) is 24.3 Å². The fourth-order valence-corrected chi connectivity index (χ4v) is 10.6. The summed E-state index contributed by atoms with van der Waals surface area (Å²) in [6.45, 7) is 26.9. The van der Waals surface area contributed by atoms with Gasteiger partial charge >= 0.3 is 7.60 Å². The Kier molecular flexibility index (Phi) is 17.8. The van der Waals surface area contributed by atoms with Gasteiger partial charge in [0, 0.05) is 43.8 Å². The van der Waals surface area contributed by atoms with Crippen LogP contribution in [0.3, 0.4) is 0 Å². The molecule has 0 atom stereocenters. The van der Waals surface area contributed by atoms with E-state index in [1.54, 1.807) is 19.9 Å². The molecule has 79 heavy (non-hydrogen) atoms. The molecule has 2 aliphatic rings. The fraction of sp³-hybridized carbons (Fsp3) is 0.400. The van der Waals surface area contributed by atoms with Crippen LogP contribution in [0.1, 0.15) is 108 Å². The lowest BCUT2D eigenvalue weighted by Crippen LogP contribution is -2.06. The quantitative estimate of drug-likeness (QED) is 0.0293. The molecule has 4 aromatic carbocycles. The maximum Gasteiger partial charge on any atom is 0.364 e. The van der Waals surface area contributed by atoms with E-state index < -0.39 is 7.60 Å². The molecule has 9 rings (SSSR count). The van der Waals surface area contributed by atoms with E-state index in [2.05, 4.69) is 58.1 Å². The van der Waals surface area contributed by atoms with E-state index in [0.717, 1.165) is 38.5 Å². The first-order chi connectivity index (χ1) is 38.4. The van der Waals surface area contributed by atoms with E-state index in [0.29, 0.717) is 175 Å². The third-order valence-corrected chi connectivity index (χ3v) is 14.7. The molecular formula is C60H71N8O10P. The molecule has 0 aliphatic carbocycles. The molecule has 0 saturated carbocycles. The van der Waals surface area contributed by atoms with Gasteiger partial charge in [0.05, 0.1) is 58.2 Å². The standard InChI is InChI=1S/C60H71N8O10P/c1-12-22-70-46-29-40-41(30-47(46)71-23-13-2)57-64-55(40)62-53-38-21-20-37(78-52(35(9)10)36(11)79(69,76-18-7)77-19-8)28-39(38)54(61-53)63-56-42-31-48(72-24-14-3)49(73-25-15-4)32-43(42)58(65-56)67-60-45-34-51(75-27-17-6)50(74-26-16-5)33-44(45)59(66-57)68-60/h20-21,28-34H,11-19,22-27H2,1-10H3,(H2,61,62,63,64,65,66,67,68). The lowest BCUT2D eigenvalue weighted by Gasteiger charge is -2.22. The molecule has 2 N–H and O–H groups in total. The summed E-state index contributed by atoms with van der Waals surface area (Å²) in [6, 6.07) is 17.1. The molecule has 19 heteroatoms. The lowest BCUT2D eigenvalue weighted by molar-refractivity contribution is 0.225. The predicted octanol–water partition coefficient (Wildman–Crippen LogP) is 15.1. The van der Waals surface area contributed by atoms with Crippen LogP contribution in [0.25, 0.3) is 89.7 Å². The average molecular weight is 1100 g/mol. The summed E-state index contributed by atoms with van der Waals surface area (Å²) in [4.78, 5) is 38.9. The number of benzene rings is 4. The van der Waals surface area contributed by atoms with Crippen molar-refractivity contribution in [3.05, 3.63) is 77.8 Å². The highest BCUT2D eigenvalue weighted by Gasteiger charge is 2.33. The highest BCUT2D eigenvalue weighted by Crippen LogP contribution is 2.58. The summed E-state index contributed by atoms with van der Waals surface area (Å²) in [6.07, 6.45) is 4.73. The minimum Gasteiger partial charge on any atom is -0.490 e. The lowest BCUT2D eigenvalue weighted by atomic mass is 10.1. The summed E-state index contributed by atoms with van der Waals surface area (Å²) < 4.78 is 70.3. The molecule has 0 fully saturated rings. The minimum atomic E-state index is -3.82. The van der Waals surface area contributed by atoms with Gasteiger partial charge in [-0.2, -0.15) is 0 Å². The number of rotatable bonds is 26. The van der Waals surface area contributed by atoms with Crippen LogP contribution in [0.5, 0.6) is 40.2 Å². The highest BCUT2D eigenvalue weighted by molar-refractivity contribution is 7.58. The maximum atomic E-state index is 14.1. The van der Waals surface area contributed by atoms with Crippen LogP contribution in [0.2, 0.25) is 0 Å². The molecule has 5 heterocycles. The van der Waals surface area contributed by atoms with Gasteiger partial charge in [0.1, 0.15) is 34.1 Å². The van der Waals surface area contributed by atoms with Crippen molar-refractivity contribution in [3.8, 4) is 85.8 Å². The first-order valence-corrected chi connectivity index (χ1v) is 29.2. The van der Waals surface area contributed by atoms with Crippen molar-refractivity contribution in [1.82, 2.24) is 39.9 Å². The molecule has 0 spiro atoms. The summed E-state index contributed by atoms with van der Waals surface area (Å²) in [5.41, 5.74) is 5.14. The largest absolute Gasteiger partial charge is 0.490 e. The smallest absolute Gasteiger partial charge is 0.364 e. The van der Waals surface area contributed by atoms with E-state index in [9.17, 15) is 4.57 Å². The summed E-state index contributed by atoms with van der Waals surface area (Å²) in [5.74, 6) is 5.49. The van der Waals surface area contributed by atoms with Crippen molar-refractivity contribution in [1.29, 1.82) is 0 Å². The van der Waals surface area contributed by atoms with Gasteiger partial charge in [-0.15, -0.1) is 0 Å². The van der Waals surface area contributed by atoms with Crippen molar-refractivity contribution in [2.75, 3.05) is 52.9 Å². The summed E-state index contributed by atoms with van der Waals surface area (Å²) in [5, 5.41) is 2.90. The number of hydrogen-bond acceptors (Lipinski definition) is 16. The van der Waals surface area contributed by atoms with Crippen molar-refractivity contribution < 1.29 is 46.8 Å². The first kappa shape index (κ1) is 56.2. The van der Waals surface area contributed by atoms with Crippen molar-refractivity contribution in [3.63, 3.8) is 0 Å². The second kappa shape index (κ2) is 25.1. The number of hydrogen-bond donors (Lipinski definition) is 2. The Morgan fingerprint density at radius 3 is 1.08 bits per heavy atom. The number of nitrogens with zero attached hydrogens (tertiary/aromatic N) is 6. The number of aromatic nitrogens is 8. The second-order valence-corrected chi connectivity index (χ2v) is 21.2. The Balaban J connectivity index is 1.40. The first-order valence-electron chi connectivity index (χ1n) is 27.6. The van der Waals surface area contributed by atoms with Crippen molar-refractivity contribution in [2.24, 2.45) is 0 Å². The Morgan fingerprint density at radius 1 is 0.443 bits per heavy atom. The van der Waals surface area contributed by atoms with Crippen LogP contribution in [0.15, 0.2) is 77.8 Å². The Morgan fingerprint density at radius 2 is 0.759 bits per heavy atom. The van der Waals surface area contributed by atoms with Crippen LogP contribution in [0, 0.1) is 0 Å². The Labute approximate surface area is 460 Å². The van der Waals surface area contributed by atoms with Crippen LogP contribution in [-0.4, -0.2) is 92.7 Å². The Hall–Kier alpha value is -7.53. The van der Waals surface area contributed by atoms with Gasteiger partial charge in [-0.25, -0.2) is 29.9 Å². The van der Waals surface area contributed by atoms with E-state index >= 15 is 0 Å². The van der Waals surface area contributed by atoms with E-state index in [1.807, 2.05) is 62.4 Å². The van der Waals surface area contributed by atoms with E-state index in [1.165, 1.54) is 0 Å². The van der Waals surface area contributed by atoms with Gasteiger partial charge in [-0.3, -0.25) is 4.57 Å². The average Bonchev–Trinajstić information content (AvgIpc) is 4.19. The maximum absolute atomic E-state index is 14.1. The normalized spacial score (nSPS) is 11.8. The van der Waals surface area contributed by atoms with Crippen LogP contribution in [-0.2, 0) is 13.6 Å². The number of fused-ring (bicyclic) bond motifs is 20. The number of allylic oxidation sites excluding steroid dienone is 2. The highest BCUT2D eigenvalue weighted by atomic mass is 31.2. The SMILES string of the molecule is C=C(C(Oc1ccc2c(c1)-c1nc-2nc2[nH]c(nc3nc(nc4[nH]c(n1)c1cc(OCCC)c(OCCC)cc41)-c1cc(OCCC)c(OCCC)cc1-3)c1cc(OCCC)c(OCCC)cc21)=C(C)C)P(=O)(OCC)OCC. The fourth-order valence-electron chi connectivity index (χ4n) is 9.03. The molecule has 0 unspecified atom stereocenters. The minimum absolute atomic E-state index is 0.104. The third-order valence-electron chi connectivity index (χ3n) is 12.6.